The molecule has 3 aromatic heterocycles. The van der Waals surface area contributed by atoms with Crippen LogP contribution in [0.15, 0.2) is 24.4 Å². The van der Waals surface area contributed by atoms with Crippen molar-refractivity contribution in [2.24, 2.45) is 0 Å². The molecule has 5 heterocycles. The highest BCUT2D eigenvalue weighted by molar-refractivity contribution is 7.88. The van der Waals surface area contributed by atoms with Crippen molar-refractivity contribution in [3.8, 4) is 11.4 Å². The molecule has 0 aromatic carbocycles. The Bertz CT molecular complexity index is 1350. The van der Waals surface area contributed by atoms with Gasteiger partial charge in [0.25, 0.3) is 0 Å². The number of thiophene rings is 1. The number of anilines is 2. The molecule has 5 rings (SSSR count). The molecule has 13 heteroatoms. The molecule has 2 aliphatic rings. The summed E-state index contributed by atoms with van der Waals surface area (Å²) in [5.74, 6) is 1.78. The second-order valence-corrected chi connectivity index (χ2v) is 12.1. The van der Waals surface area contributed by atoms with Gasteiger partial charge in [0, 0.05) is 69.4 Å². The van der Waals surface area contributed by atoms with Crippen LogP contribution in [-0.2, 0) is 26.1 Å². The van der Waals surface area contributed by atoms with E-state index in [1.54, 1.807) is 23.6 Å². The lowest BCUT2D eigenvalue weighted by Crippen LogP contribution is -2.47. The molecule has 0 aliphatic carbocycles. The van der Waals surface area contributed by atoms with E-state index in [2.05, 4.69) is 26.2 Å². The number of aromatic nitrogens is 3. The van der Waals surface area contributed by atoms with E-state index in [0.717, 1.165) is 46.1 Å². The van der Waals surface area contributed by atoms with Crippen molar-refractivity contribution in [1.29, 1.82) is 0 Å². The maximum absolute atomic E-state index is 11.8. The molecule has 0 spiro atoms. The Hall–Kier alpha value is -2.71. The highest BCUT2D eigenvalue weighted by Gasteiger charge is 2.25. The minimum Gasteiger partial charge on any atom is -0.378 e. The van der Waals surface area contributed by atoms with Crippen molar-refractivity contribution in [2.75, 3.05) is 69.0 Å². The lowest BCUT2D eigenvalue weighted by atomic mass is 10.2. The number of amides is 1. The van der Waals surface area contributed by atoms with Crippen molar-refractivity contribution >= 4 is 49.1 Å². The molecular weight excluding hydrogens is 502 g/mol. The second-order valence-electron chi connectivity index (χ2n) is 8.95. The van der Waals surface area contributed by atoms with Gasteiger partial charge in [-0.1, -0.05) is 0 Å². The Balaban J connectivity index is 1.43. The van der Waals surface area contributed by atoms with Gasteiger partial charge in [-0.3, -0.25) is 9.69 Å². The van der Waals surface area contributed by atoms with Crippen LogP contribution >= 0.6 is 11.3 Å². The summed E-state index contributed by atoms with van der Waals surface area (Å²) in [4.78, 5) is 31.1. The number of sulfonamides is 1. The molecule has 0 atom stereocenters. The quantitative estimate of drug-likeness (QED) is 0.506. The minimum atomic E-state index is -3.15. The molecule has 0 radical (unpaired) electrons. The van der Waals surface area contributed by atoms with E-state index < -0.39 is 10.0 Å². The first-order valence-corrected chi connectivity index (χ1v) is 14.5. The van der Waals surface area contributed by atoms with E-state index in [0.29, 0.717) is 51.0 Å². The number of pyridine rings is 1. The SMILES string of the molecule is CC(=O)Nc1ccc(-c2nc(N3CCOCC3)c3sc(CN4CCN(S(C)(=O)=O)CC4)cc3n2)cn1. The minimum absolute atomic E-state index is 0.175. The van der Waals surface area contributed by atoms with Crippen LogP contribution in [0.5, 0.6) is 0 Å². The first kappa shape index (κ1) is 25.0. The van der Waals surface area contributed by atoms with E-state index in [9.17, 15) is 13.2 Å². The fourth-order valence-corrected chi connectivity index (χ4v) is 6.36. The zero-order chi connectivity index (χ0) is 25.3. The number of morpholine rings is 1. The predicted molar refractivity (Wildman–Crippen MR) is 140 cm³/mol. The largest absolute Gasteiger partial charge is 0.378 e. The summed E-state index contributed by atoms with van der Waals surface area (Å²) in [5, 5.41) is 2.68. The first-order valence-electron chi connectivity index (χ1n) is 11.8. The number of hydrogen-bond acceptors (Lipinski definition) is 10. The van der Waals surface area contributed by atoms with E-state index in [1.165, 1.54) is 17.5 Å². The van der Waals surface area contributed by atoms with Gasteiger partial charge in [-0.2, -0.15) is 4.31 Å². The summed E-state index contributed by atoms with van der Waals surface area (Å²) < 4.78 is 31.8. The Morgan fingerprint density at radius 2 is 1.86 bits per heavy atom. The Morgan fingerprint density at radius 1 is 1.11 bits per heavy atom. The van der Waals surface area contributed by atoms with E-state index >= 15 is 0 Å². The van der Waals surface area contributed by atoms with Crippen LogP contribution in [0.25, 0.3) is 21.6 Å². The standard InChI is InChI=1S/C23H29N7O4S2/c1-16(31)25-20-4-3-17(14-24-20)22-26-19-13-18(15-28-5-7-30(8-6-28)36(2,32)33)35-21(19)23(27-22)29-9-11-34-12-10-29/h3-4,13-14H,5-12,15H2,1-2H3,(H,24,25,31). The zero-order valence-electron chi connectivity index (χ0n) is 20.3. The fourth-order valence-electron chi connectivity index (χ4n) is 4.38. The Morgan fingerprint density at radius 3 is 2.50 bits per heavy atom. The van der Waals surface area contributed by atoms with E-state index in [4.69, 9.17) is 14.7 Å². The lowest BCUT2D eigenvalue weighted by molar-refractivity contribution is -0.114. The van der Waals surface area contributed by atoms with Crippen LogP contribution in [-0.4, -0.2) is 97.2 Å². The summed E-state index contributed by atoms with van der Waals surface area (Å²) in [7, 11) is -3.15. The van der Waals surface area contributed by atoms with Crippen molar-refractivity contribution in [3.63, 3.8) is 0 Å². The smallest absolute Gasteiger partial charge is 0.222 e. The van der Waals surface area contributed by atoms with E-state index in [-0.39, 0.29) is 5.91 Å². The predicted octanol–water partition coefficient (Wildman–Crippen LogP) is 1.63. The molecule has 36 heavy (non-hydrogen) atoms. The third-order valence-electron chi connectivity index (χ3n) is 6.22. The van der Waals surface area contributed by atoms with Crippen molar-refractivity contribution in [3.05, 3.63) is 29.3 Å². The molecular formula is C23H29N7O4S2. The first-order chi connectivity index (χ1) is 17.3. The molecule has 192 valence electrons. The zero-order valence-corrected chi connectivity index (χ0v) is 21.9. The fraction of sp³-hybridized carbons (Fsp3) is 0.478. The molecule has 3 aromatic rings. The number of fused-ring (bicyclic) bond motifs is 1. The average molecular weight is 532 g/mol. The summed E-state index contributed by atoms with van der Waals surface area (Å²) in [6, 6.07) is 5.71. The lowest BCUT2D eigenvalue weighted by Gasteiger charge is -2.32. The van der Waals surface area contributed by atoms with Gasteiger partial charge in [0.2, 0.25) is 15.9 Å². The molecule has 0 bridgehead atoms. The number of carbonyl (C=O) groups excluding carboxylic acids is 1. The number of hydrogen-bond donors (Lipinski definition) is 1. The number of ether oxygens (including phenoxy) is 1. The van der Waals surface area contributed by atoms with Gasteiger partial charge in [0.1, 0.15) is 5.82 Å². The van der Waals surface area contributed by atoms with Crippen molar-refractivity contribution in [2.45, 2.75) is 13.5 Å². The normalized spacial score (nSPS) is 18.0. The highest BCUT2D eigenvalue weighted by atomic mass is 32.2. The van der Waals surface area contributed by atoms with Gasteiger partial charge in [-0.05, 0) is 18.2 Å². The van der Waals surface area contributed by atoms with Crippen LogP contribution in [0.1, 0.15) is 11.8 Å². The number of nitrogens with zero attached hydrogens (tertiary/aromatic N) is 6. The molecule has 11 nitrogen and oxygen atoms in total. The van der Waals surface area contributed by atoms with Crippen LogP contribution in [0.2, 0.25) is 0 Å². The maximum Gasteiger partial charge on any atom is 0.222 e. The molecule has 2 saturated heterocycles. The van der Waals surface area contributed by atoms with Crippen LogP contribution in [0.3, 0.4) is 0 Å². The van der Waals surface area contributed by atoms with Crippen molar-refractivity contribution in [1.82, 2.24) is 24.2 Å². The third-order valence-corrected chi connectivity index (χ3v) is 8.63. The number of carbonyl (C=O) groups is 1. The molecule has 2 fully saturated rings. The van der Waals surface area contributed by atoms with Crippen LogP contribution in [0.4, 0.5) is 11.6 Å². The van der Waals surface area contributed by atoms with Crippen LogP contribution in [0, 0.1) is 0 Å². The molecule has 0 saturated carbocycles. The van der Waals surface area contributed by atoms with E-state index in [1.807, 2.05) is 6.07 Å². The van der Waals surface area contributed by atoms with Crippen molar-refractivity contribution < 1.29 is 17.9 Å². The Kier molecular flexibility index (Phi) is 7.17. The highest BCUT2D eigenvalue weighted by Crippen LogP contribution is 2.35. The molecule has 0 unspecified atom stereocenters. The Labute approximate surface area is 214 Å². The summed E-state index contributed by atoms with van der Waals surface area (Å²) in [5.41, 5.74) is 1.65. The number of piperazine rings is 1. The molecule has 1 amide bonds. The van der Waals surface area contributed by atoms with Gasteiger partial charge in [0.05, 0.1) is 29.7 Å². The van der Waals surface area contributed by atoms with Crippen LogP contribution < -0.4 is 10.2 Å². The molecule has 1 N–H and O–H groups in total. The molecule has 2 aliphatic heterocycles. The summed E-state index contributed by atoms with van der Waals surface area (Å²) >= 11 is 1.69. The van der Waals surface area contributed by atoms with Gasteiger partial charge in [0.15, 0.2) is 11.6 Å². The van der Waals surface area contributed by atoms with Gasteiger partial charge < -0.3 is 15.0 Å². The second kappa shape index (κ2) is 10.3. The summed E-state index contributed by atoms with van der Waals surface area (Å²) in [6.07, 6.45) is 2.94. The van der Waals surface area contributed by atoms with Gasteiger partial charge in [-0.25, -0.2) is 23.4 Å². The number of nitrogens with one attached hydrogen (secondary N) is 1. The topological polar surface area (TPSA) is 121 Å². The number of rotatable bonds is 6. The third kappa shape index (κ3) is 5.65. The monoisotopic (exact) mass is 531 g/mol. The van der Waals surface area contributed by atoms with Gasteiger partial charge >= 0.3 is 0 Å². The maximum atomic E-state index is 11.8. The average Bonchev–Trinajstić information content (AvgIpc) is 3.26. The summed E-state index contributed by atoms with van der Waals surface area (Å²) in [6.45, 7) is 7.40. The van der Waals surface area contributed by atoms with Gasteiger partial charge in [-0.15, -0.1) is 11.3 Å².